The number of rotatable bonds is 8. The number of fused-ring (bicyclic) bond motifs is 1. The van der Waals surface area contributed by atoms with Crippen molar-refractivity contribution in [3.8, 4) is 46.4 Å². The topological polar surface area (TPSA) is 144 Å². The Morgan fingerprint density at radius 1 is 1.06 bits per heavy atom. The number of aromatic nitrogens is 5. The minimum atomic E-state index is -4.09. The minimum Gasteiger partial charge on any atom is -0.494 e. The smallest absolute Gasteiger partial charge is 0.229 e. The standard InChI is InChI=1S/C24H24N6O5S/c1-5-9-19(36(25,31)32)16-14-26-22-24(28-16)30(21-17(33-3)11-8-12-18(21)34-4)23(29-22)15-10-7-13-20(27-15)35-6-2/h7-8,10-14,19H,6H2,1-4H3,(H2,25,31,32). The summed E-state index contributed by atoms with van der Waals surface area (Å²) in [7, 11) is -1.05. The Morgan fingerprint density at radius 2 is 1.75 bits per heavy atom. The van der Waals surface area contributed by atoms with Crippen molar-refractivity contribution in [3.05, 3.63) is 48.3 Å². The molecule has 3 aromatic heterocycles. The Bertz CT molecular complexity index is 1570. The van der Waals surface area contributed by atoms with Gasteiger partial charge in [0, 0.05) is 6.07 Å². The van der Waals surface area contributed by atoms with Crippen LogP contribution < -0.4 is 19.3 Å². The third-order valence-electron chi connectivity index (χ3n) is 5.13. The van der Waals surface area contributed by atoms with E-state index in [1.807, 2.05) is 6.92 Å². The van der Waals surface area contributed by atoms with Crippen molar-refractivity contribution in [2.24, 2.45) is 5.14 Å². The average Bonchev–Trinajstić information content (AvgIpc) is 3.24. The number of nitrogens with zero attached hydrogens (tertiary/aromatic N) is 5. The molecule has 11 nitrogen and oxygen atoms in total. The van der Waals surface area contributed by atoms with Gasteiger partial charge < -0.3 is 14.2 Å². The van der Waals surface area contributed by atoms with Crippen molar-refractivity contribution in [1.82, 2.24) is 24.5 Å². The number of hydrogen-bond acceptors (Lipinski definition) is 9. The lowest BCUT2D eigenvalue weighted by Crippen LogP contribution is -2.21. The lowest BCUT2D eigenvalue weighted by Gasteiger charge is -2.16. The summed E-state index contributed by atoms with van der Waals surface area (Å²) in [6, 6.07) is 10.6. The summed E-state index contributed by atoms with van der Waals surface area (Å²) in [5.74, 6) is 6.87. The molecule has 4 aromatic rings. The fourth-order valence-electron chi connectivity index (χ4n) is 3.65. The van der Waals surface area contributed by atoms with E-state index in [4.69, 9.17) is 19.3 Å². The fraction of sp³-hybridized carbons (Fsp3) is 0.250. The summed E-state index contributed by atoms with van der Waals surface area (Å²) in [4.78, 5) is 18.2. The molecular formula is C24H24N6O5S. The summed E-state index contributed by atoms with van der Waals surface area (Å²) < 4.78 is 43.0. The molecule has 4 rings (SSSR count). The second-order valence-electron chi connectivity index (χ2n) is 7.38. The van der Waals surface area contributed by atoms with Crippen LogP contribution in [0.4, 0.5) is 0 Å². The molecule has 3 heterocycles. The van der Waals surface area contributed by atoms with Crippen LogP contribution in [0.25, 0.3) is 28.5 Å². The number of pyridine rings is 1. The van der Waals surface area contributed by atoms with Crippen molar-refractivity contribution in [2.45, 2.75) is 19.1 Å². The Morgan fingerprint density at radius 3 is 2.36 bits per heavy atom. The van der Waals surface area contributed by atoms with Crippen molar-refractivity contribution in [1.29, 1.82) is 0 Å². The van der Waals surface area contributed by atoms with Gasteiger partial charge in [-0.25, -0.2) is 33.5 Å². The van der Waals surface area contributed by atoms with Crippen molar-refractivity contribution in [2.75, 3.05) is 20.8 Å². The third-order valence-corrected chi connectivity index (χ3v) is 6.15. The third kappa shape index (κ3) is 4.66. The normalized spacial score (nSPS) is 12.0. The van der Waals surface area contributed by atoms with Crippen LogP contribution in [0, 0.1) is 11.8 Å². The fourth-order valence-corrected chi connectivity index (χ4v) is 4.38. The van der Waals surface area contributed by atoms with E-state index in [0.717, 1.165) is 0 Å². The molecule has 1 aromatic carbocycles. The van der Waals surface area contributed by atoms with Gasteiger partial charge in [-0.15, -0.1) is 5.92 Å². The van der Waals surface area contributed by atoms with Crippen LogP contribution in [0.3, 0.4) is 0 Å². The molecule has 2 N–H and O–H groups in total. The monoisotopic (exact) mass is 508 g/mol. The molecule has 0 spiro atoms. The van der Waals surface area contributed by atoms with E-state index in [2.05, 4.69) is 31.8 Å². The largest absolute Gasteiger partial charge is 0.494 e. The van der Waals surface area contributed by atoms with E-state index >= 15 is 0 Å². The number of ether oxygens (including phenoxy) is 3. The minimum absolute atomic E-state index is 0.0527. The highest BCUT2D eigenvalue weighted by molar-refractivity contribution is 7.89. The number of sulfonamides is 1. The molecule has 0 saturated carbocycles. The van der Waals surface area contributed by atoms with Crippen LogP contribution in [0.2, 0.25) is 0 Å². The summed E-state index contributed by atoms with van der Waals surface area (Å²) in [6.45, 7) is 3.82. The number of methoxy groups -OCH3 is 2. The SMILES string of the molecule is CC#CC(c1cnc2nc(-c3cccc(OCC)n3)n(-c3c(OC)cccc3OC)c2n1)S(N)(=O)=O. The first-order chi connectivity index (χ1) is 17.3. The second kappa shape index (κ2) is 10.2. The highest BCUT2D eigenvalue weighted by Gasteiger charge is 2.28. The van der Waals surface area contributed by atoms with Crippen molar-refractivity contribution in [3.63, 3.8) is 0 Å². The maximum absolute atomic E-state index is 12.3. The van der Waals surface area contributed by atoms with Gasteiger partial charge in [-0.3, -0.25) is 4.57 Å². The first-order valence-corrected chi connectivity index (χ1v) is 12.4. The van der Waals surface area contributed by atoms with Crippen LogP contribution in [0.5, 0.6) is 17.4 Å². The summed E-state index contributed by atoms with van der Waals surface area (Å²) in [5, 5.41) is 4.07. The molecule has 36 heavy (non-hydrogen) atoms. The molecule has 0 bridgehead atoms. The summed E-state index contributed by atoms with van der Waals surface area (Å²) in [6.07, 6.45) is 1.30. The highest BCUT2D eigenvalue weighted by atomic mass is 32.2. The molecule has 0 fully saturated rings. The maximum atomic E-state index is 12.3. The van der Waals surface area contributed by atoms with Gasteiger partial charge in [-0.05, 0) is 32.0 Å². The number of imidazole rings is 1. The number of benzene rings is 1. The molecule has 0 amide bonds. The molecule has 0 aliphatic rings. The highest BCUT2D eigenvalue weighted by Crippen LogP contribution is 2.38. The lowest BCUT2D eigenvalue weighted by molar-refractivity contribution is 0.327. The lowest BCUT2D eigenvalue weighted by atomic mass is 10.2. The van der Waals surface area contributed by atoms with Gasteiger partial charge in [0.2, 0.25) is 15.9 Å². The first kappa shape index (κ1) is 24.9. The van der Waals surface area contributed by atoms with E-state index in [1.54, 1.807) is 41.0 Å². The molecular weight excluding hydrogens is 484 g/mol. The van der Waals surface area contributed by atoms with E-state index in [1.165, 1.54) is 27.3 Å². The number of hydrogen-bond donors (Lipinski definition) is 1. The number of nitrogens with two attached hydrogens (primary N) is 1. The predicted octanol–water partition coefficient (Wildman–Crippen LogP) is 2.65. The Labute approximate surface area is 208 Å². The van der Waals surface area contributed by atoms with Crippen LogP contribution in [-0.2, 0) is 10.0 Å². The molecule has 1 atom stereocenters. The van der Waals surface area contributed by atoms with Gasteiger partial charge in [-0.1, -0.05) is 18.1 Å². The average molecular weight is 509 g/mol. The summed E-state index contributed by atoms with van der Waals surface area (Å²) in [5.41, 5.74) is 1.47. The number of para-hydroxylation sites is 1. The van der Waals surface area contributed by atoms with Crippen molar-refractivity contribution >= 4 is 21.3 Å². The van der Waals surface area contributed by atoms with Crippen LogP contribution in [0.1, 0.15) is 24.8 Å². The van der Waals surface area contributed by atoms with Gasteiger partial charge in [0.15, 0.2) is 22.4 Å². The van der Waals surface area contributed by atoms with Gasteiger partial charge in [0.05, 0.1) is 32.7 Å². The van der Waals surface area contributed by atoms with Crippen LogP contribution in [0.15, 0.2) is 42.6 Å². The molecule has 0 aliphatic carbocycles. The number of primary sulfonamides is 1. The first-order valence-electron chi connectivity index (χ1n) is 10.8. The molecule has 0 saturated heterocycles. The zero-order valence-electron chi connectivity index (χ0n) is 20.1. The zero-order chi connectivity index (χ0) is 25.9. The van der Waals surface area contributed by atoms with Gasteiger partial charge in [0.25, 0.3) is 0 Å². The van der Waals surface area contributed by atoms with E-state index in [0.29, 0.717) is 41.2 Å². The van der Waals surface area contributed by atoms with E-state index in [-0.39, 0.29) is 17.0 Å². The van der Waals surface area contributed by atoms with Crippen molar-refractivity contribution < 1.29 is 22.6 Å². The second-order valence-corrected chi connectivity index (χ2v) is 9.03. The molecule has 1 unspecified atom stereocenters. The van der Waals surface area contributed by atoms with Crippen LogP contribution >= 0.6 is 0 Å². The van der Waals surface area contributed by atoms with E-state index in [9.17, 15) is 8.42 Å². The van der Waals surface area contributed by atoms with Crippen LogP contribution in [-0.4, -0.2) is 53.7 Å². The quantitative estimate of drug-likeness (QED) is 0.355. The zero-order valence-corrected chi connectivity index (χ0v) is 20.9. The maximum Gasteiger partial charge on any atom is 0.229 e. The van der Waals surface area contributed by atoms with Gasteiger partial charge >= 0.3 is 0 Å². The Kier molecular flexibility index (Phi) is 7.05. The molecule has 0 aliphatic heterocycles. The Balaban J connectivity index is 2.10. The Hall–Kier alpha value is -4.21. The van der Waals surface area contributed by atoms with Gasteiger partial charge in [-0.2, -0.15) is 0 Å². The molecule has 186 valence electrons. The van der Waals surface area contributed by atoms with Gasteiger partial charge in [0.1, 0.15) is 22.9 Å². The predicted molar refractivity (Wildman–Crippen MR) is 133 cm³/mol. The molecule has 12 heteroatoms. The molecule has 0 radical (unpaired) electrons. The summed E-state index contributed by atoms with van der Waals surface area (Å²) >= 11 is 0. The van der Waals surface area contributed by atoms with E-state index < -0.39 is 15.3 Å².